The van der Waals surface area contributed by atoms with Crippen LogP contribution in [0.1, 0.15) is 16.8 Å². The molecule has 0 saturated carbocycles. The molecule has 1 amide bonds. The number of rotatable bonds is 8. The predicted octanol–water partition coefficient (Wildman–Crippen LogP) is 2.76. The van der Waals surface area contributed by atoms with Gasteiger partial charge in [-0.05, 0) is 42.5 Å². The maximum absolute atomic E-state index is 14.2. The lowest BCUT2D eigenvalue weighted by molar-refractivity contribution is 0.0729. The maximum Gasteiger partial charge on any atom is 0.251 e. The van der Waals surface area contributed by atoms with E-state index in [1.165, 1.54) is 10.4 Å². The number of thioether (sulfide) groups is 1. The van der Waals surface area contributed by atoms with Crippen molar-refractivity contribution < 1.29 is 22.3 Å². The number of nitrogens with zero attached hydrogens (tertiary/aromatic N) is 1. The molecule has 0 atom stereocenters. The molecular weight excluding hydrogens is 415 g/mol. The highest BCUT2D eigenvalue weighted by Gasteiger charge is 2.29. The van der Waals surface area contributed by atoms with E-state index < -0.39 is 26.6 Å². The fraction of sp³-hybridized carbons (Fsp3) is 0.350. The monoisotopic (exact) mass is 438 g/mol. The van der Waals surface area contributed by atoms with Gasteiger partial charge >= 0.3 is 0 Å². The molecular formula is C20H23FN2O4S2. The standard InChI is InChI=1S/C20H23FN2O4S2/c21-18-8-7-16(15-19(18)29(25,26)23-10-12-27-13-11-23)20(24)22-9-4-14-28-17-5-2-1-3-6-17/h1-3,5-8,15H,4,9-14H2,(H,22,24). The van der Waals surface area contributed by atoms with Crippen molar-refractivity contribution >= 4 is 27.7 Å². The molecule has 0 bridgehead atoms. The van der Waals surface area contributed by atoms with Gasteiger partial charge in [-0.3, -0.25) is 4.79 Å². The summed E-state index contributed by atoms with van der Waals surface area (Å²) in [5.74, 6) is -0.454. The molecule has 29 heavy (non-hydrogen) atoms. The van der Waals surface area contributed by atoms with Gasteiger partial charge in [-0.15, -0.1) is 11.8 Å². The van der Waals surface area contributed by atoms with Crippen LogP contribution in [0.2, 0.25) is 0 Å². The van der Waals surface area contributed by atoms with Crippen molar-refractivity contribution in [1.82, 2.24) is 9.62 Å². The zero-order valence-electron chi connectivity index (χ0n) is 15.8. The Kier molecular flexibility index (Phi) is 7.65. The zero-order chi connectivity index (χ0) is 20.7. The first-order chi connectivity index (χ1) is 14.0. The Morgan fingerprint density at radius 2 is 1.86 bits per heavy atom. The van der Waals surface area contributed by atoms with E-state index in [4.69, 9.17) is 4.74 Å². The van der Waals surface area contributed by atoms with Crippen LogP contribution in [0.15, 0.2) is 58.3 Å². The third-order valence-electron chi connectivity index (χ3n) is 4.40. The van der Waals surface area contributed by atoms with Gasteiger partial charge in [-0.2, -0.15) is 4.31 Å². The molecule has 0 unspecified atom stereocenters. The first-order valence-corrected chi connectivity index (χ1v) is 11.7. The Labute approximate surface area is 174 Å². The highest BCUT2D eigenvalue weighted by molar-refractivity contribution is 7.99. The Balaban J connectivity index is 1.57. The Bertz CT molecular complexity index is 933. The van der Waals surface area contributed by atoms with Crippen molar-refractivity contribution in [1.29, 1.82) is 0 Å². The van der Waals surface area contributed by atoms with E-state index in [-0.39, 0.29) is 31.9 Å². The number of benzene rings is 2. The molecule has 1 heterocycles. The van der Waals surface area contributed by atoms with E-state index in [0.29, 0.717) is 6.54 Å². The van der Waals surface area contributed by atoms with Crippen LogP contribution in [0.5, 0.6) is 0 Å². The van der Waals surface area contributed by atoms with Crippen molar-refractivity contribution in [2.75, 3.05) is 38.6 Å². The van der Waals surface area contributed by atoms with Crippen molar-refractivity contribution in [3.63, 3.8) is 0 Å². The molecule has 0 aromatic heterocycles. The first kappa shape index (κ1) is 21.8. The number of morpholine rings is 1. The average molecular weight is 439 g/mol. The van der Waals surface area contributed by atoms with E-state index >= 15 is 0 Å². The minimum absolute atomic E-state index is 0.119. The van der Waals surface area contributed by atoms with Crippen LogP contribution in [0.25, 0.3) is 0 Å². The van der Waals surface area contributed by atoms with Gasteiger partial charge in [0.2, 0.25) is 10.0 Å². The molecule has 156 valence electrons. The van der Waals surface area contributed by atoms with E-state index in [2.05, 4.69) is 5.32 Å². The molecule has 2 aromatic rings. The Morgan fingerprint density at radius 1 is 1.14 bits per heavy atom. The van der Waals surface area contributed by atoms with Crippen molar-refractivity contribution in [3.8, 4) is 0 Å². The lowest BCUT2D eigenvalue weighted by Gasteiger charge is -2.26. The third kappa shape index (κ3) is 5.79. The first-order valence-electron chi connectivity index (χ1n) is 9.32. The van der Waals surface area contributed by atoms with E-state index in [1.54, 1.807) is 11.8 Å². The smallest absolute Gasteiger partial charge is 0.251 e. The summed E-state index contributed by atoms with van der Waals surface area (Å²) >= 11 is 1.70. The summed E-state index contributed by atoms with van der Waals surface area (Å²) in [6, 6.07) is 13.4. The van der Waals surface area contributed by atoms with E-state index in [9.17, 15) is 17.6 Å². The average Bonchev–Trinajstić information content (AvgIpc) is 2.75. The second kappa shape index (κ2) is 10.2. The summed E-state index contributed by atoms with van der Waals surface area (Å²) in [4.78, 5) is 13.1. The van der Waals surface area contributed by atoms with Gasteiger partial charge < -0.3 is 10.1 Å². The Hall–Kier alpha value is -1.94. The molecule has 0 spiro atoms. The number of amides is 1. The molecule has 6 nitrogen and oxygen atoms in total. The fourth-order valence-corrected chi connectivity index (χ4v) is 5.22. The molecule has 2 aromatic carbocycles. The summed E-state index contributed by atoms with van der Waals surface area (Å²) in [6.07, 6.45) is 0.755. The third-order valence-corrected chi connectivity index (χ3v) is 7.41. The maximum atomic E-state index is 14.2. The van der Waals surface area contributed by atoms with Crippen LogP contribution in [-0.4, -0.2) is 57.2 Å². The summed E-state index contributed by atoms with van der Waals surface area (Å²) in [5, 5.41) is 2.76. The molecule has 0 aliphatic carbocycles. The normalized spacial score (nSPS) is 15.2. The van der Waals surface area contributed by atoms with E-state index in [1.807, 2.05) is 30.3 Å². The molecule has 1 N–H and O–H groups in total. The molecule has 9 heteroatoms. The number of hydrogen-bond acceptors (Lipinski definition) is 5. The molecule has 1 fully saturated rings. The minimum Gasteiger partial charge on any atom is -0.379 e. The van der Waals surface area contributed by atoms with Gasteiger partial charge in [-0.25, -0.2) is 12.8 Å². The lowest BCUT2D eigenvalue weighted by atomic mass is 10.2. The van der Waals surface area contributed by atoms with Crippen molar-refractivity contribution in [3.05, 3.63) is 59.9 Å². The molecule has 1 aliphatic heterocycles. The SMILES string of the molecule is O=C(NCCCSc1ccccc1)c1ccc(F)c(S(=O)(=O)N2CCOCC2)c1. The molecule has 1 aliphatic rings. The van der Waals surface area contributed by atoms with Gasteiger partial charge in [0.25, 0.3) is 5.91 Å². The number of carbonyl (C=O) groups excluding carboxylic acids is 1. The van der Waals surface area contributed by atoms with Crippen LogP contribution in [0.4, 0.5) is 4.39 Å². The largest absolute Gasteiger partial charge is 0.379 e. The topological polar surface area (TPSA) is 75.7 Å². The number of hydrogen-bond donors (Lipinski definition) is 1. The number of carbonyl (C=O) groups is 1. The second-order valence-corrected chi connectivity index (χ2v) is 9.51. The van der Waals surface area contributed by atoms with Gasteiger partial charge in [-0.1, -0.05) is 18.2 Å². The highest BCUT2D eigenvalue weighted by atomic mass is 32.2. The summed E-state index contributed by atoms with van der Waals surface area (Å²) in [5.41, 5.74) is 0.119. The predicted molar refractivity (Wildman–Crippen MR) is 110 cm³/mol. The quantitative estimate of drug-likeness (QED) is 0.507. The number of halogens is 1. The molecule has 1 saturated heterocycles. The molecule has 3 rings (SSSR count). The molecule has 0 radical (unpaired) electrons. The van der Waals surface area contributed by atoms with Crippen LogP contribution in [-0.2, 0) is 14.8 Å². The van der Waals surface area contributed by atoms with Gasteiger partial charge in [0.1, 0.15) is 10.7 Å². The van der Waals surface area contributed by atoms with Gasteiger partial charge in [0.15, 0.2) is 0 Å². The summed E-state index contributed by atoms with van der Waals surface area (Å²) in [6.45, 7) is 1.31. The van der Waals surface area contributed by atoms with Gasteiger partial charge in [0.05, 0.1) is 13.2 Å². The number of ether oxygens (including phenoxy) is 1. The van der Waals surface area contributed by atoms with Crippen LogP contribution < -0.4 is 5.32 Å². The number of nitrogens with one attached hydrogen (secondary N) is 1. The zero-order valence-corrected chi connectivity index (χ0v) is 17.5. The van der Waals surface area contributed by atoms with Crippen LogP contribution in [0.3, 0.4) is 0 Å². The van der Waals surface area contributed by atoms with Crippen LogP contribution in [0, 0.1) is 5.82 Å². The van der Waals surface area contributed by atoms with Crippen molar-refractivity contribution in [2.45, 2.75) is 16.2 Å². The van der Waals surface area contributed by atoms with Crippen LogP contribution >= 0.6 is 11.8 Å². The van der Waals surface area contributed by atoms with E-state index in [0.717, 1.165) is 29.2 Å². The Morgan fingerprint density at radius 3 is 2.59 bits per heavy atom. The summed E-state index contributed by atoms with van der Waals surface area (Å²) < 4.78 is 46.0. The lowest BCUT2D eigenvalue weighted by Crippen LogP contribution is -2.41. The van der Waals surface area contributed by atoms with Crippen molar-refractivity contribution in [2.24, 2.45) is 0 Å². The minimum atomic E-state index is -4.01. The number of sulfonamides is 1. The summed E-state index contributed by atoms with van der Waals surface area (Å²) in [7, 11) is -4.01. The second-order valence-electron chi connectivity index (χ2n) is 6.43. The highest BCUT2D eigenvalue weighted by Crippen LogP contribution is 2.22. The van der Waals surface area contributed by atoms with Gasteiger partial charge in [0, 0.05) is 30.1 Å². The fourth-order valence-electron chi connectivity index (χ4n) is 2.85.